The topological polar surface area (TPSA) is 39.4 Å². The summed E-state index contributed by atoms with van der Waals surface area (Å²) < 4.78 is 7.06. The normalized spacial score (nSPS) is 11.2. The van der Waals surface area contributed by atoms with Crippen molar-refractivity contribution in [2.75, 3.05) is 7.11 Å². The molecule has 4 aromatic rings. The van der Waals surface area contributed by atoms with Crippen molar-refractivity contribution >= 4 is 34.8 Å². The molecule has 0 aliphatic carbocycles. The number of rotatable bonds is 5. The molecule has 0 saturated carbocycles. The number of aliphatic imine (C=N–C) groups is 1. The lowest BCUT2D eigenvalue weighted by atomic mass is 10.2. The number of halogens is 1. The van der Waals surface area contributed by atoms with Crippen LogP contribution in [0.3, 0.4) is 0 Å². The van der Waals surface area contributed by atoms with E-state index in [1.165, 1.54) is 0 Å². The molecule has 6 heteroatoms. The molecule has 0 aliphatic rings. The highest BCUT2D eigenvalue weighted by Crippen LogP contribution is 2.30. The molecule has 27 heavy (non-hydrogen) atoms. The van der Waals surface area contributed by atoms with Gasteiger partial charge in [-0.3, -0.25) is 4.99 Å². The molecule has 0 radical (unpaired) electrons. The quantitative estimate of drug-likeness (QED) is 0.389. The maximum absolute atomic E-state index is 6.19. The largest absolute Gasteiger partial charge is 0.495 e. The van der Waals surface area contributed by atoms with Crippen molar-refractivity contribution in [1.82, 2.24) is 9.78 Å². The molecule has 0 unspecified atom stereocenters. The van der Waals surface area contributed by atoms with Crippen molar-refractivity contribution in [3.05, 3.63) is 82.8 Å². The zero-order chi connectivity index (χ0) is 18.6. The number of para-hydroxylation sites is 1. The highest BCUT2D eigenvalue weighted by atomic mass is 35.5. The zero-order valence-electron chi connectivity index (χ0n) is 14.5. The number of thiophene rings is 1. The molecule has 0 saturated heterocycles. The number of aromatic nitrogens is 2. The van der Waals surface area contributed by atoms with Crippen LogP contribution in [0.15, 0.2) is 77.2 Å². The van der Waals surface area contributed by atoms with E-state index >= 15 is 0 Å². The van der Waals surface area contributed by atoms with E-state index in [2.05, 4.69) is 11.1 Å². The third kappa shape index (κ3) is 3.79. The van der Waals surface area contributed by atoms with Gasteiger partial charge in [0.25, 0.3) is 0 Å². The average molecular weight is 394 g/mol. The van der Waals surface area contributed by atoms with E-state index < -0.39 is 0 Å². The first-order valence-electron chi connectivity index (χ1n) is 8.31. The van der Waals surface area contributed by atoms with Gasteiger partial charge in [0.1, 0.15) is 11.4 Å². The Bertz CT molecular complexity index is 1070. The van der Waals surface area contributed by atoms with Crippen molar-refractivity contribution in [3.8, 4) is 22.0 Å². The lowest BCUT2D eigenvalue weighted by molar-refractivity contribution is 0.415. The SMILES string of the molecule is COc1ccc(N=Cc2cn(-c3ccccc3)nc2-c2cccs2)cc1Cl. The van der Waals surface area contributed by atoms with Crippen molar-refractivity contribution in [1.29, 1.82) is 0 Å². The number of hydrogen-bond donors (Lipinski definition) is 0. The predicted molar refractivity (Wildman–Crippen MR) is 112 cm³/mol. The van der Waals surface area contributed by atoms with Crippen LogP contribution in [0.2, 0.25) is 5.02 Å². The molecule has 4 nitrogen and oxygen atoms in total. The Hall–Kier alpha value is -2.89. The Labute approximate surface area is 166 Å². The van der Waals surface area contributed by atoms with Crippen LogP contribution in [0.25, 0.3) is 16.3 Å². The highest BCUT2D eigenvalue weighted by Gasteiger charge is 2.12. The monoisotopic (exact) mass is 393 g/mol. The van der Waals surface area contributed by atoms with Gasteiger partial charge < -0.3 is 4.74 Å². The summed E-state index contributed by atoms with van der Waals surface area (Å²) in [5, 5.41) is 7.35. The lowest BCUT2D eigenvalue weighted by Gasteiger charge is -2.02. The fraction of sp³-hybridized carbons (Fsp3) is 0.0476. The fourth-order valence-corrected chi connectivity index (χ4v) is 3.66. The van der Waals surface area contributed by atoms with Crippen LogP contribution in [0.4, 0.5) is 5.69 Å². The first kappa shape index (κ1) is 17.5. The van der Waals surface area contributed by atoms with Gasteiger partial charge in [-0.15, -0.1) is 11.3 Å². The van der Waals surface area contributed by atoms with E-state index in [1.807, 2.05) is 71.0 Å². The van der Waals surface area contributed by atoms with Crippen LogP contribution in [-0.4, -0.2) is 23.1 Å². The molecule has 2 aromatic carbocycles. The van der Waals surface area contributed by atoms with Crippen LogP contribution in [-0.2, 0) is 0 Å². The van der Waals surface area contributed by atoms with Crippen molar-refractivity contribution < 1.29 is 4.74 Å². The smallest absolute Gasteiger partial charge is 0.137 e. The Morgan fingerprint density at radius 2 is 1.96 bits per heavy atom. The molecule has 0 spiro atoms. The predicted octanol–water partition coefficient (Wildman–Crippen LogP) is 6.01. The van der Waals surface area contributed by atoms with Crippen LogP contribution < -0.4 is 4.74 Å². The Kier molecular flexibility index (Phi) is 5.05. The lowest BCUT2D eigenvalue weighted by Crippen LogP contribution is -1.93. The number of benzene rings is 2. The van der Waals surface area contributed by atoms with Crippen molar-refractivity contribution in [2.45, 2.75) is 0 Å². The number of methoxy groups -OCH3 is 1. The van der Waals surface area contributed by atoms with Crippen LogP contribution >= 0.6 is 22.9 Å². The minimum atomic E-state index is 0.533. The standard InChI is InChI=1S/C21H16ClN3OS/c1-26-19-10-9-16(12-18(19)22)23-13-15-14-25(17-6-3-2-4-7-17)24-21(15)20-8-5-11-27-20/h2-14H,1H3. The number of ether oxygens (including phenoxy) is 1. The first-order chi connectivity index (χ1) is 13.2. The van der Waals surface area contributed by atoms with Crippen LogP contribution in [0.5, 0.6) is 5.75 Å². The first-order valence-corrected chi connectivity index (χ1v) is 9.57. The summed E-state index contributed by atoms with van der Waals surface area (Å²) in [4.78, 5) is 5.67. The molecular weight excluding hydrogens is 378 g/mol. The van der Waals surface area contributed by atoms with Crippen LogP contribution in [0.1, 0.15) is 5.56 Å². The van der Waals surface area contributed by atoms with Gasteiger partial charge in [-0.25, -0.2) is 4.68 Å². The Morgan fingerprint density at radius 3 is 2.67 bits per heavy atom. The maximum atomic E-state index is 6.19. The van der Waals surface area contributed by atoms with Gasteiger partial charge in [0.05, 0.1) is 28.4 Å². The van der Waals surface area contributed by atoms with Gasteiger partial charge in [-0.2, -0.15) is 5.10 Å². The van der Waals surface area contributed by atoms with E-state index in [0.717, 1.165) is 27.5 Å². The Balaban J connectivity index is 1.73. The van der Waals surface area contributed by atoms with Gasteiger partial charge in [0.15, 0.2) is 0 Å². The summed E-state index contributed by atoms with van der Waals surface area (Å²) in [6.07, 6.45) is 3.80. The number of hydrogen-bond acceptors (Lipinski definition) is 4. The molecule has 0 fully saturated rings. The van der Waals surface area contributed by atoms with E-state index in [4.69, 9.17) is 21.4 Å². The third-order valence-electron chi connectivity index (χ3n) is 4.01. The van der Waals surface area contributed by atoms with Gasteiger partial charge in [-0.1, -0.05) is 35.9 Å². The molecule has 0 N–H and O–H groups in total. The molecule has 2 aromatic heterocycles. The minimum absolute atomic E-state index is 0.533. The third-order valence-corrected chi connectivity index (χ3v) is 5.18. The number of nitrogens with zero attached hydrogens (tertiary/aromatic N) is 3. The van der Waals surface area contributed by atoms with Crippen LogP contribution in [0, 0.1) is 0 Å². The van der Waals surface area contributed by atoms with Crippen molar-refractivity contribution in [2.24, 2.45) is 4.99 Å². The maximum Gasteiger partial charge on any atom is 0.137 e. The molecule has 0 aliphatic heterocycles. The summed E-state index contributed by atoms with van der Waals surface area (Å²) in [6.45, 7) is 0. The summed E-state index contributed by atoms with van der Waals surface area (Å²) in [5.74, 6) is 0.631. The molecule has 2 heterocycles. The summed E-state index contributed by atoms with van der Waals surface area (Å²) in [7, 11) is 1.59. The van der Waals surface area contributed by atoms with Crippen molar-refractivity contribution in [3.63, 3.8) is 0 Å². The van der Waals surface area contributed by atoms with E-state index in [0.29, 0.717) is 10.8 Å². The van der Waals surface area contributed by atoms with E-state index in [-0.39, 0.29) is 0 Å². The van der Waals surface area contributed by atoms with Gasteiger partial charge in [-0.05, 0) is 41.8 Å². The van der Waals surface area contributed by atoms with E-state index in [9.17, 15) is 0 Å². The molecular formula is C21H16ClN3OS. The summed E-state index contributed by atoms with van der Waals surface area (Å²) in [5.41, 5.74) is 3.60. The molecule has 4 rings (SSSR count). The van der Waals surface area contributed by atoms with Gasteiger partial charge in [0, 0.05) is 18.0 Å². The van der Waals surface area contributed by atoms with Gasteiger partial charge in [0.2, 0.25) is 0 Å². The Morgan fingerprint density at radius 1 is 1.11 bits per heavy atom. The average Bonchev–Trinajstić information content (AvgIpc) is 3.37. The second kappa shape index (κ2) is 7.78. The molecule has 134 valence electrons. The van der Waals surface area contributed by atoms with Gasteiger partial charge >= 0.3 is 0 Å². The van der Waals surface area contributed by atoms with E-state index in [1.54, 1.807) is 24.5 Å². The summed E-state index contributed by atoms with van der Waals surface area (Å²) >= 11 is 7.85. The summed E-state index contributed by atoms with van der Waals surface area (Å²) in [6, 6.07) is 19.6. The molecule has 0 amide bonds. The second-order valence-electron chi connectivity index (χ2n) is 5.77. The second-order valence-corrected chi connectivity index (χ2v) is 7.12. The molecule has 0 bridgehead atoms. The highest BCUT2D eigenvalue weighted by molar-refractivity contribution is 7.13. The fourth-order valence-electron chi connectivity index (χ4n) is 2.68. The minimum Gasteiger partial charge on any atom is -0.495 e. The zero-order valence-corrected chi connectivity index (χ0v) is 16.1. The molecule has 0 atom stereocenters.